The van der Waals surface area contributed by atoms with Crippen molar-refractivity contribution in [2.45, 2.75) is 65.0 Å². The van der Waals surface area contributed by atoms with Crippen LogP contribution in [-0.4, -0.2) is 98.1 Å². The lowest BCUT2D eigenvalue weighted by Gasteiger charge is -2.34. The molecule has 2 heterocycles. The number of aliphatic imine (C=N–C) groups is 1. The standard InChI is InChI=1S/C22H45N5O2/c1-5-23-21(25-17-22(4,28)18-26-12-14-29-15-13-26)24-16-20(19(2)3)27-10-8-6-7-9-11-27/h19-20,28H,5-18H2,1-4H3,(H2,23,24,25). The van der Waals surface area contributed by atoms with Gasteiger partial charge >= 0.3 is 0 Å². The summed E-state index contributed by atoms with van der Waals surface area (Å²) in [5.74, 6) is 1.39. The average Bonchev–Trinajstić information content (AvgIpc) is 2.96. The Balaban J connectivity index is 1.90. The molecule has 0 saturated carbocycles. The van der Waals surface area contributed by atoms with E-state index in [-0.39, 0.29) is 0 Å². The summed E-state index contributed by atoms with van der Waals surface area (Å²) in [5, 5.41) is 17.7. The molecule has 2 rings (SSSR count). The van der Waals surface area contributed by atoms with Crippen molar-refractivity contribution in [2.75, 3.05) is 65.6 Å². The maximum Gasteiger partial charge on any atom is 0.191 e. The number of morpholine rings is 1. The van der Waals surface area contributed by atoms with Gasteiger partial charge in [-0.1, -0.05) is 26.7 Å². The van der Waals surface area contributed by atoms with E-state index in [0.717, 1.165) is 45.4 Å². The molecule has 3 N–H and O–H groups in total. The van der Waals surface area contributed by atoms with E-state index >= 15 is 0 Å². The molecule has 29 heavy (non-hydrogen) atoms. The van der Waals surface area contributed by atoms with Gasteiger partial charge in [-0.2, -0.15) is 0 Å². The molecule has 0 spiro atoms. The first kappa shape index (κ1) is 24.4. The van der Waals surface area contributed by atoms with Crippen LogP contribution >= 0.6 is 0 Å². The summed E-state index contributed by atoms with van der Waals surface area (Å²) in [6, 6.07) is 0.505. The lowest BCUT2D eigenvalue weighted by atomic mass is 10.0. The van der Waals surface area contributed by atoms with Gasteiger partial charge in [-0.3, -0.25) is 14.8 Å². The summed E-state index contributed by atoms with van der Waals surface area (Å²) >= 11 is 0. The van der Waals surface area contributed by atoms with Gasteiger partial charge in [0.15, 0.2) is 5.96 Å². The number of hydrogen-bond acceptors (Lipinski definition) is 5. The lowest BCUT2D eigenvalue weighted by molar-refractivity contribution is -0.0180. The maximum absolute atomic E-state index is 10.8. The van der Waals surface area contributed by atoms with Crippen molar-refractivity contribution in [1.29, 1.82) is 0 Å². The van der Waals surface area contributed by atoms with E-state index in [1.54, 1.807) is 0 Å². The highest BCUT2D eigenvalue weighted by molar-refractivity contribution is 5.79. The molecule has 7 heteroatoms. The van der Waals surface area contributed by atoms with Crippen molar-refractivity contribution in [3.63, 3.8) is 0 Å². The van der Waals surface area contributed by atoms with Crippen molar-refractivity contribution in [3.05, 3.63) is 0 Å². The van der Waals surface area contributed by atoms with Crippen LogP contribution < -0.4 is 10.6 Å². The van der Waals surface area contributed by atoms with Gasteiger partial charge in [-0.15, -0.1) is 0 Å². The summed E-state index contributed by atoms with van der Waals surface area (Å²) in [5.41, 5.74) is -0.845. The molecule has 0 amide bonds. The minimum atomic E-state index is -0.845. The molecule has 2 aliphatic heterocycles. The van der Waals surface area contributed by atoms with Crippen LogP contribution in [0.2, 0.25) is 0 Å². The van der Waals surface area contributed by atoms with Crippen molar-refractivity contribution in [3.8, 4) is 0 Å². The minimum absolute atomic E-state index is 0.385. The minimum Gasteiger partial charge on any atom is -0.387 e. The number of rotatable bonds is 9. The molecule has 0 aliphatic carbocycles. The van der Waals surface area contributed by atoms with Gasteiger partial charge in [-0.05, 0) is 45.7 Å². The Morgan fingerprint density at radius 2 is 1.72 bits per heavy atom. The molecule has 0 radical (unpaired) electrons. The first-order chi connectivity index (χ1) is 13.9. The molecular formula is C22H45N5O2. The molecule has 0 bridgehead atoms. The van der Waals surface area contributed by atoms with Gasteiger partial charge in [0.2, 0.25) is 0 Å². The third-order valence-electron chi connectivity index (χ3n) is 5.95. The third-order valence-corrected chi connectivity index (χ3v) is 5.95. The highest BCUT2D eigenvalue weighted by atomic mass is 16.5. The molecule has 7 nitrogen and oxygen atoms in total. The van der Waals surface area contributed by atoms with Crippen LogP contribution in [0, 0.1) is 5.92 Å². The number of likely N-dealkylation sites (tertiary alicyclic amines) is 1. The van der Waals surface area contributed by atoms with E-state index in [2.05, 4.69) is 41.2 Å². The normalized spacial score (nSPS) is 23.4. The van der Waals surface area contributed by atoms with Crippen LogP contribution in [0.3, 0.4) is 0 Å². The SMILES string of the molecule is CCNC(=NCC(C)(O)CN1CCOCC1)NCC(C(C)C)N1CCCCCC1. The number of ether oxygens (including phenoxy) is 1. The third kappa shape index (κ3) is 9.20. The predicted molar refractivity (Wildman–Crippen MR) is 121 cm³/mol. The first-order valence-corrected chi connectivity index (χ1v) is 11.7. The van der Waals surface area contributed by atoms with Crippen LogP contribution in [0.5, 0.6) is 0 Å². The van der Waals surface area contributed by atoms with Crippen LogP contribution in [0.4, 0.5) is 0 Å². The molecule has 2 fully saturated rings. The van der Waals surface area contributed by atoms with Crippen molar-refractivity contribution in [1.82, 2.24) is 20.4 Å². The fraction of sp³-hybridized carbons (Fsp3) is 0.955. The van der Waals surface area contributed by atoms with Crippen LogP contribution in [-0.2, 0) is 4.74 Å². The van der Waals surface area contributed by atoms with E-state index < -0.39 is 5.60 Å². The second-order valence-electron chi connectivity index (χ2n) is 9.22. The Kier molecular flexibility index (Phi) is 10.7. The number of nitrogens with zero attached hydrogens (tertiary/aromatic N) is 3. The smallest absolute Gasteiger partial charge is 0.191 e. The molecule has 0 aromatic rings. The Morgan fingerprint density at radius 1 is 1.07 bits per heavy atom. The Morgan fingerprint density at radius 3 is 2.31 bits per heavy atom. The summed E-state index contributed by atoms with van der Waals surface area (Å²) in [7, 11) is 0. The van der Waals surface area contributed by atoms with Crippen LogP contribution in [0.25, 0.3) is 0 Å². The molecule has 2 saturated heterocycles. The van der Waals surface area contributed by atoms with E-state index in [1.165, 1.54) is 38.8 Å². The number of aliphatic hydroxyl groups is 1. The van der Waals surface area contributed by atoms with Gasteiger partial charge in [0.05, 0.1) is 25.4 Å². The Bertz CT molecular complexity index is 470. The highest BCUT2D eigenvalue weighted by Gasteiger charge is 2.26. The van der Waals surface area contributed by atoms with Gasteiger partial charge in [0.25, 0.3) is 0 Å². The summed E-state index contributed by atoms with van der Waals surface area (Å²) < 4.78 is 5.40. The zero-order valence-electron chi connectivity index (χ0n) is 19.3. The molecule has 170 valence electrons. The van der Waals surface area contributed by atoms with Gasteiger partial charge in [0, 0.05) is 38.8 Å². The van der Waals surface area contributed by atoms with Gasteiger partial charge in [0.1, 0.15) is 0 Å². The molecule has 0 aromatic heterocycles. The molecule has 2 unspecified atom stereocenters. The van der Waals surface area contributed by atoms with E-state index in [9.17, 15) is 5.11 Å². The molecule has 2 aliphatic rings. The highest BCUT2D eigenvalue weighted by Crippen LogP contribution is 2.17. The second kappa shape index (κ2) is 12.7. The number of β-amino-alcohol motifs (C(OH)–C–C–N with tert-alkyl or cyclic N) is 1. The fourth-order valence-electron chi connectivity index (χ4n) is 4.30. The van der Waals surface area contributed by atoms with Crippen molar-refractivity contribution in [2.24, 2.45) is 10.9 Å². The topological polar surface area (TPSA) is 72.4 Å². The lowest BCUT2D eigenvalue weighted by Crippen LogP contribution is -2.51. The number of nitrogens with one attached hydrogen (secondary N) is 2. The second-order valence-corrected chi connectivity index (χ2v) is 9.22. The van der Waals surface area contributed by atoms with Gasteiger partial charge in [-0.25, -0.2) is 0 Å². The molecule has 2 atom stereocenters. The Hall–Kier alpha value is -0.890. The summed E-state index contributed by atoms with van der Waals surface area (Å²) in [6.07, 6.45) is 5.33. The Labute approximate surface area is 178 Å². The fourth-order valence-corrected chi connectivity index (χ4v) is 4.30. The number of guanidine groups is 1. The van der Waals surface area contributed by atoms with E-state index in [4.69, 9.17) is 9.73 Å². The zero-order chi connectivity index (χ0) is 21.1. The first-order valence-electron chi connectivity index (χ1n) is 11.7. The summed E-state index contributed by atoms with van der Waals surface area (Å²) in [6.45, 7) is 16.9. The monoisotopic (exact) mass is 411 g/mol. The zero-order valence-corrected chi connectivity index (χ0v) is 19.3. The average molecular weight is 412 g/mol. The van der Waals surface area contributed by atoms with Crippen molar-refractivity contribution >= 4 is 5.96 Å². The largest absolute Gasteiger partial charge is 0.387 e. The summed E-state index contributed by atoms with van der Waals surface area (Å²) in [4.78, 5) is 9.63. The predicted octanol–water partition coefficient (Wildman–Crippen LogP) is 1.53. The van der Waals surface area contributed by atoms with Crippen molar-refractivity contribution < 1.29 is 9.84 Å². The van der Waals surface area contributed by atoms with Gasteiger partial charge < -0.3 is 20.5 Å². The van der Waals surface area contributed by atoms with E-state index in [0.29, 0.717) is 25.0 Å². The van der Waals surface area contributed by atoms with E-state index in [1.807, 2.05) is 6.92 Å². The quantitative estimate of drug-likeness (QED) is 0.395. The molecular weight excluding hydrogens is 366 g/mol. The van der Waals surface area contributed by atoms with Crippen LogP contribution in [0.1, 0.15) is 53.4 Å². The maximum atomic E-state index is 10.8. The van der Waals surface area contributed by atoms with Crippen LogP contribution in [0.15, 0.2) is 4.99 Å². The number of hydrogen-bond donors (Lipinski definition) is 3. The molecule has 0 aromatic carbocycles.